The maximum atomic E-state index is 12.4. The van der Waals surface area contributed by atoms with Crippen molar-refractivity contribution in [1.82, 2.24) is 10.2 Å². The van der Waals surface area contributed by atoms with Crippen LogP contribution in [0.2, 0.25) is 0 Å². The van der Waals surface area contributed by atoms with Gasteiger partial charge in [-0.15, -0.1) is 0 Å². The lowest BCUT2D eigenvalue weighted by molar-refractivity contribution is -0.146. The summed E-state index contributed by atoms with van der Waals surface area (Å²) in [6.45, 7) is 5.03. The lowest BCUT2D eigenvalue weighted by Crippen LogP contribution is -2.47. The average molecular weight is 304 g/mol. The summed E-state index contributed by atoms with van der Waals surface area (Å²) in [7, 11) is 0. The molecule has 2 N–H and O–H groups in total. The molecule has 0 bridgehead atoms. The topological polar surface area (TPSA) is 69.6 Å². The van der Waals surface area contributed by atoms with Crippen LogP contribution in [0.4, 0.5) is 0 Å². The Morgan fingerprint density at radius 1 is 1.32 bits per heavy atom. The second kappa shape index (κ2) is 6.92. The number of amides is 1. The van der Waals surface area contributed by atoms with Crippen LogP contribution in [-0.4, -0.2) is 41.0 Å². The fraction of sp³-hybridized carbons (Fsp3) is 0.529. The van der Waals surface area contributed by atoms with Gasteiger partial charge in [-0.2, -0.15) is 0 Å². The SMILES string of the molecule is CC(C)(CNC(=O)[C@H]1CCCN1Cc1ccccc1)C(=O)O. The van der Waals surface area contributed by atoms with E-state index in [0.29, 0.717) is 0 Å². The molecule has 1 aliphatic rings. The van der Waals surface area contributed by atoms with Crippen LogP contribution in [0.1, 0.15) is 32.3 Å². The molecule has 0 spiro atoms. The predicted molar refractivity (Wildman–Crippen MR) is 84.3 cm³/mol. The van der Waals surface area contributed by atoms with Gasteiger partial charge in [-0.25, -0.2) is 0 Å². The smallest absolute Gasteiger partial charge is 0.310 e. The van der Waals surface area contributed by atoms with Crippen molar-refractivity contribution in [1.29, 1.82) is 0 Å². The van der Waals surface area contributed by atoms with Gasteiger partial charge in [-0.1, -0.05) is 30.3 Å². The first kappa shape index (κ1) is 16.5. The maximum absolute atomic E-state index is 12.4. The van der Waals surface area contributed by atoms with E-state index in [0.717, 1.165) is 25.9 Å². The number of carboxylic acid groups (broad SMARTS) is 1. The molecular formula is C17H24N2O3. The minimum atomic E-state index is -0.946. The largest absolute Gasteiger partial charge is 0.481 e. The summed E-state index contributed by atoms with van der Waals surface area (Å²) in [6, 6.07) is 9.92. The third-order valence-electron chi connectivity index (χ3n) is 4.18. The molecule has 0 unspecified atom stereocenters. The van der Waals surface area contributed by atoms with Crippen LogP contribution < -0.4 is 5.32 Å². The molecule has 1 atom stereocenters. The van der Waals surface area contributed by atoms with Crippen molar-refractivity contribution in [3.05, 3.63) is 35.9 Å². The van der Waals surface area contributed by atoms with Crippen molar-refractivity contribution in [3.8, 4) is 0 Å². The lowest BCUT2D eigenvalue weighted by atomic mass is 9.94. The van der Waals surface area contributed by atoms with Gasteiger partial charge in [0.15, 0.2) is 0 Å². The van der Waals surface area contributed by atoms with E-state index in [2.05, 4.69) is 22.3 Å². The molecule has 1 fully saturated rings. The van der Waals surface area contributed by atoms with Crippen molar-refractivity contribution in [2.75, 3.05) is 13.1 Å². The number of nitrogens with one attached hydrogen (secondary N) is 1. The van der Waals surface area contributed by atoms with E-state index in [1.165, 1.54) is 5.56 Å². The van der Waals surface area contributed by atoms with Crippen LogP contribution >= 0.6 is 0 Å². The first-order valence-corrected chi connectivity index (χ1v) is 7.69. The molecule has 0 aromatic heterocycles. The molecule has 1 heterocycles. The van der Waals surface area contributed by atoms with Crippen molar-refractivity contribution in [2.45, 2.75) is 39.3 Å². The number of hydrogen-bond donors (Lipinski definition) is 2. The number of aliphatic carboxylic acids is 1. The zero-order valence-corrected chi connectivity index (χ0v) is 13.2. The average Bonchev–Trinajstić information content (AvgIpc) is 2.94. The Morgan fingerprint density at radius 3 is 2.64 bits per heavy atom. The van der Waals surface area contributed by atoms with Crippen LogP contribution in [0, 0.1) is 5.41 Å². The molecular weight excluding hydrogens is 280 g/mol. The fourth-order valence-corrected chi connectivity index (χ4v) is 2.63. The molecule has 2 rings (SSSR count). The van der Waals surface area contributed by atoms with Gasteiger partial charge in [-0.05, 0) is 38.8 Å². The number of nitrogens with zero attached hydrogens (tertiary/aromatic N) is 1. The first-order chi connectivity index (χ1) is 10.4. The Morgan fingerprint density at radius 2 is 2.00 bits per heavy atom. The van der Waals surface area contributed by atoms with E-state index in [4.69, 9.17) is 5.11 Å². The van der Waals surface area contributed by atoms with E-state index in [1.807, 2.05) is 18.2 Å². The first-order valence-electron chi connectivity index (χ1n) is 7.69. The number of likely N-dealkylation sites (tertiary alicyclic amines) is 1. The summed E-state index contributed by atoms with van der Waals surface area (Å²) in [6.07, 6.45) is 1.82. The van der Waals surface area contributed by atoms with Crippen LogP contribution in [0.25, 0.3) is 0 Å². The lowest BCUT2D eigenvalue weighted by Gasteiger charge is -2.26. The molecule has 5 heteroatoms. The van der Waals surface area contributed by atoms with Gasteiger partial charge in [0, 0.05) is 13.1 Å². The summed E-state index contributed by atoms with van der Waals surface area (Å²) >= 11 is 0. The third kappa shape index (κ3) is 4.07. The summed E-state index contributed by atoms with van der Waals surface area (Å²) in [5.74, 6) is -0.969. The Labute approximate surface area is 131 Å². The minimum Gasteiger partial charge on any atom is -0.481 e. The second-order valence-corrected chi connectivity index (χ2v) is 6.52. The van der Waals surface area contributed by atoms with Crippen LogP contribution in [0.5, 0.6) is 0 Å². The van der Waals surface area contributed by atoms with Gasteiger partial charge in [0.2, 0.25) is 5.91 Å². The van der Waals surface area contributed by atoms with Crippen molar-refractivity contribution in [2.24, 2.45) is 5.41 Å². The number of carbonyl (C=O) groups is 2. The number of benzene rings is 1. The summed E-state index contributed by atoms with van der Waals surface area (Å²) in [5, 5.41) is 11.9. The van der Waals surface area contributed by atoms with Gasteiger partial charge >= 0.3 is 5.97 Å². The molecule has 1 saturated heterocycles. The van der Waals surface area contributed by atoms with Crippen molar-refractivity contribution in [3.63, 3.8) is 0 Å². The van der Waals surface area contributed by atoms with Crippen LogP contribution in [0.3, 0.4) is 0 Å². The highest BCUT2D eigenvalue weighted by molar-refractivity contribution is 5.83. The third-order valence-corrected chi connectivity index (χ3v) is 4.18. The Bertz CT molecular complexity index is 528. The normalized spacial score (nSPS) is 19.1. The second-order valence-electron chi connectivity index (χ2n) is 6.52. The molecule has 1 aromatic carbocycles. The van der Waals surface area contributed by atoms with Gasteiger partial charge < -0.3 is 10.4 Å². The van der Waals surface area contributed by atoms with Gasteiger partial charge in [0.05, 0.1) is 11.5 Å². The van der Waals surface area contributed by atoms with Crippen LogP contribution in [0.15, 0.2) is 30.3 Å². The molecule has 22 heavy (non-hydrogen) atoms. The molecule has 0 saturated carbocycles. The van der Waals surface area contributed by atoms with E-state index in [9.17, 15) is 9.59 Å². The molecule has 0 radical (unpaired) electrons. The molecule has 1 amide bonds. The van der Waals surface area contributed by atoms with E-state index < -0.39 is 11.4 Å². The standard InChI is InChI=1S/C17H24N2O3/c1-17(2,16(21)22)12-18-15(20)14-9-6-10-19(14)11-13-7-4-3-5-8-13/h3-5,7-8,14H,6,9-12H2,1-2H3,(H,18,20)(H,21,22)/t14-/m1/s1. The Kier molecular flexibility index (Phi) is 5.19. The molecule has 1 aromatic rings. The quantitative estimate of drug-likeness (QED) is 0.842. The molecule has 5 nitrogen and oxygen atoms in total. The maximum Gasteiger partial charge on any atom is 0.310 e. The number of carbonyl (C=O) groups excluding carboxylic acids is 1. The van der Waals surface area contributed by atoms with Crippen molar-refractivity contribution < 1.29 is 14.7 Å². The monoisotopic (exact) mass is 304 g/mol. The molecule has 120 valence electrons. The highest BCUT2D eigenvalue weighted by atomic mass is 16.4. The molecule has 0 aliphatic carbocycles. The number of rotatable bonds is 6. The van der Waals surface area contributed by atoms with Crippen molar-refractivity contribution >= 4 is 11.9 Å². The number of hydrogen-bond acceptors (Lipinski definition) is 3. The number of carboxylic acids is 1. The van der Waals surface area contributed by atoms with E-state index in [-0.39, 0.29) is 18.5 Å². The zero-order valence-electron chi connectivity index (χ0n) is 13.2. The van der Waals surface area contributed by atoms with E-state index in [1.54, 1.807) is 13.8 Å². The fourth-order valence-electron chi connectivity index (χ4n) is 2.63. The zero-order chi connectivity index (χ0) is 16.2. The Balaban J connectivity index is 1.92. The minimum absolute atomic E-state index is 0.0669. The van der Waals surface area contributed by atoms with Gasteiger partial charge in [0.25, 0.3) is 0 Å². The van der Waals surface area contributed by atoms with E-state index >= 15 is 0 Å². The highest BCUT2D eigenvalue weighted by Gasteiger charge is 2.33. The van der Waals surface area contributed by atoms with Gasteiger partial charge in [0.1, 0.15) is 0 Å². The summed E-state index contributed by atoms with van der Waals surface area (Å²) in [5.41, 5.74) is 0.242. The predicted octanol–water partition coefficient (Wildman–Crippen LogP) is 1.88. The highest BCUT2D eigenvalue weighted by Crippen LogP contribution is 2.21. The van der Waals surface area contributed by atoms with Crippen LogP contribution in [-0.2, 0) is 16.1 Å². The Hall–Kier alpha value is -1.88. The molecule has 1 aliphatic heterocycles. The summed E-state index contributed by atoms with van der Waals surface area (Å²) in [4.78, 5) is 25.6. The van der Waals surface area contributed by atoms with Gasteiger partial charge in [-0.3, -0.25) is 14.5 Å². The summed E-state index contributed by atoms with van der Waals surface area (Å²) < 4.78 is 0.